The summed E-state index contributed by atoms with van der Waals surface area (Å²) in [5, 5.41) is 0. The number of ether oxygens (including phenoxy) is 1. The van der Waals surface area contributed by atoms with Crippen molar-refractivity contribution in [2.24, 2.45) is 5.92 Å². The van der Waals surface area contributed by atoms with Gasteiger partial charge in [0.1, 0.15) is 12.4 Å². The van der Waals surface area contributed by atoms with Gasteiger partial charge < -0.3 is 14.5 Å². The second-order valence-electron chi connectivity index (χ2n) is 6.76. The van der Waals surface area contributed by atoms with Crippen molar-refractivity contribution in [1.29, 1.82) is 0 Å². The molecule has 26 heavy (non-hydrogen) atoms. The third-order valence-electron chi connectivity index (χ3n) is 4.70. The molecule has 1 fully saturated rings. The van der Waals surface area contributed by atoms with Crippen LogP contribution in [0.3, 0.4) is 0 Å². The largest absolute Gasteiger partial charge is 0.492 e. The van der Waals surface area contributed by atoms with E-state index in [4.69, 9.17) is 4.74 Å². The molecule has 0 radical (unpaired) electrons. The van der Waals surface area contributed by atoms with Crippen LogP contribution in [0.5, 0.6) is 5.75 Å². The van der Waals surface area contributed by atoms with E-state index in [0.29, 0.717) is 25.6 Å². The van der Waals surface area contributed by atoms with Gasteiger partial charge in [-0.25, -0.2) is 9.97 Å². The Labute approximate surface area is 154 Å². The first kappa shape index (κ1) is 18.2. The van der Waals surface area contributed by atoms with Crippen molar-refractivity contribution in [1.82, 2.24) is 14.9 Å². The van der Waals surface area contributed by atoms with E-state index in [-0.39, 0.29) is 11.8 Å². The van der Waals surface area contributed by atoms with Gasteiger partial charge >= 0.3 is 0 Å². The molecule has 6 nitrogen and oxygen atoms in total. The molecule has 6 heteroatoms. The molecule has 138 valence electrons. The summed E-state index contributed by atoms with van der Waals surface area (Å²) in [4.78, 5) is 25.2. The molecule has 1 aliphatic heterocycles. The third-order valence-corrected chi connectivity index (χ3v) is 4.70. The Morgan fingerprint density at radius 1 is 1.27 bits per heavy atom. The molecule has 0 aliphatic carbocycles. The Morgan fingerprint density at radius 2 is 2.00 bits per heavy atom. The topological polar surface area (TPSA) is 58.6 Å². The molecule has 0 saturated carbocycles. The van der Waals surface area contributed by atoms with Crippen LogP contribution in [-0.4, -0.2) is 54.1 Å². The van der Waals surface area contributed by atoms with Crippen LogP contribution in [0.2, 0.25) is 0 Å². The highest BCUT2D eigenvalue weighted by Crippen LogP contribution is 2.21. The maximum Gasteiger partial charge on any atom is 0.227 e. The number of amides is 1. The average Bonchev–Trinajstić information content (AvgIpc) is 2.69. The number of piperidine rings is 1. The summed E-state index contributed by atoms with van der Waals surface area (Å²) in [6.07, 6.45) is 5.36. The smallest absolute Gasteiger partial charge is 0.227 e. The highest BCUT2D eigenvalue weighted by atomic mass is 16.5. The van der Waals surface area contributed by atoms with Crippen LogP contribution >= 0.6 is 0 Å². The fourth-order valence-corrected chi connectivity index (χ4v) is 3.17. The van der Waals surface area contributed by atoms with E-state index >= 15 is 0 Å². The summed E-state index contributed by atoms with van der Waals surface area (Å²) in [5.41, 5.74) is 1.20. The summed E-state index contributed by atoms with van der Waals surface area (Å²) in [5.74, 6) is 1.69. The van der Waals surface area contributed by atoms with Crippen LogP contribution in [-0.2, 0) is 4.79 Å². The van der Waals surface area contributed by atoms with Gasteiger partial charge in [-0.2, -0.15) is 0 Å². The highest BCUT2D eigenvalue weighted by Gasteiger charge is 2.28. The minimum atomic E-state index is -0.0167. The number of rotatable bonds is 6. The standard InChI is InChI=1S/C20H26N4O2/c1-16-6-8-18(9-7-16)26-14-13-23(2)19(25)17-5-3-12-24(15-17)20-21-10-4-11-22-20/h4,6-11,17H,3,5,12-15H2,1-2H3. The fraction of sp³-hybridized carbons (Fsp3) is 0.450. The zero-order valence-electron chi connectivity index (χ0n) is 15.5. The van der Waals surface area contributed by atoms with E-state index < -0.39 is 0 Å². The first-order valence-corrected chi connectivity index (χ1v) is 9.10. The first-order valence-electron chi connectivity index (χ1n) is 9.10. The van der Waals surface area contributed by atoms with E-state index in [1.165, 1.54) is 5.56 Å². The minimum Gasteiger partial charge on any atom is -0.492 e. The van der Waals surface area contributed by atoms with Crippen molar-refractivity contribution in [3.05, 3.63) is 48.3 Å². The highest BCUT2D eigenvalue weighted by molar-refractivity contribution is 5.79. The molecule has 1 aliphatic rings. The minimum absolute atomic E-state index is 0.0167. The van der Waals surface area contributed by atoms with Gasteiger partial charge in [-0.15, -0.1) is 0 Å². The van der Waals surface area contributed by atoms with Crippen LogP contribution in [0, 0.1) is 12.8 Å². The number of anilines is 1. The maximum atomic E-state index is 12.8. The van der Waals surface area contributed by atoms with Crippen LogP contribution in [0.1, 0.15) is 18.4 Å². The second kappa shape index (κ2) is 8.65. The quantitative estimate of drug-likeness (QED) is 0.798. The van der Waals surface area contributed by atoms with E-state index in [0.717, 1.165) is 25.1 Å². The number of nitrogens with zero attached hydrogens (tertiary/aromatic N) is 4. The van der Waals surface area contributed by atoms with E-state index in [9.17, 15) is 4.79 Å². The lowest BCUT2D eigenvalue weighted by molar-refractivity contribution is -0.134. The van der Waals surface area contributed by atoms with Gasteiger partial charge in [-0.05, 0) is 38.0 Å². The molecule has 1 aromatic carbocycles. The Hall–Kier alpha value is -2.63. The fourth-order valence-electron chi connectivity index (χ4n) is 3.17. The van der Waals surface area contributed by atoms with Gasteiger partial charge in [0.15, 0.2) is 0 Å². The Kier molecular flexibility index (Phi) is 6.04. The normalized spacial score (nSPS) is 17.0. The number of aryl methyl sites for hydroxylation is 1. The summed E-state index contributed by atoms with van der Waals surface area (Å²) >= 11 is 0. The third kappa shape index (κ3) is 4.71. The van der Waals surface area contributed by atoms with Crippen molar-refractivity contribution in [3.63, 3.8) is 0 Å². The predicted molar refractivity (Wildman–Crippen MR) is 101 cm³/mol. The predicted octanol–water partition coefficient (Wildman–Crippen LogP) is 2.54. The Bertz CT molecular complexity index is 706. The lowest BCUT2D eigenvalue weighted by Gasteiger charge is -2.33. The Balaban J connectivity index is 1.48. The molecule has 0 N–H and O–H groups in total. The number of hydrogen-bond acceptors (Lipinski definition) is 5. The molecule has 1 atom stereocenters. The SMILES string of the molecule is Cc1ccc(OCCN(C)C(=O)C2CCCN(c3ncccn3)C2)cc1. The first-order chi connectivity index (χ1) is 12.6. The average molecular weight is 354 g/mol. The van der Waals surface area contributed by atoms with Crippen LogP contribution in [0.15, 0.2) is 42.7 Å². The lowest BCUT2D eigenvalue weighted by atomic mass is 9.97. The molecule has 3 rings (SSSR count). The molecular formula is C20H26N4O2. The number of carbonyl (C=O) groups excluding carboxylic acids is 1. The van der Waals surface area contributed by atoms with Crippen molar-refractivity contribution < 1.29 is 9.53 Å². The second-order valence-corrected chi connectivity index (χ2v) is 6.76. The van der Waals surface area contributed by atoms with Crippen molar-refractivity contribution >= 4 is 11.9 Å². The molecule has 1 aromatic heterocycles. The molecule has 2 aromatic rings. The van der Waals surface area contributed by atoms with Crippen molar-refractivity contribution in [2.75, 3.05) is 38.2 Å². The monoisotopic (exact) mass is 354 g/mol. The molecule has 1 amide bonds. The van der Waals surface area contributed by atoms with Gasteiger partial charge in [-0.3, -0.25) is 4.79 Å². The van der Waals surface area contributed by atoms with Gasteiger partial charge in [0.05, 0.1) is 12.5 Å². The summed E-state index contributed by atoms with van der Waals surface area (Å²) in [6.45, 7) is 4.68. The zero-order valence-corrected chi connectivity index (χ0v) is 15.5. The molecule has 0 spiro atoms. The number of benzene rings is 1. The van der Waals surface area contributed by atoms with Crippen molar-refractivity contribution in [2.45, 2.75) is 19.8 Å². The van der Waals surface area contributed by atoms with Gasteiger partial charge in [0.2, 0.25) is 11.9 Å². The van der Waals surface area contributed by atoms with E-state index in [1.54, 1.807) is 23.4 Å². The molecule has 0 bridgehead atoms. The van der Waals surface area contributed by atoms with Crippen LogP contribution in [0.4, 0.5) is 5.95 Å². The zero-order chi connectivity index (χ0) is 18.4. The maximum absolute atomic E-state index is 12.8. The number of aromatic nitrogens is 2. The van der Waals surface area contributed by atoms with Gasteiger partial charge in [0.25, 0.3) is 0 Å². The Morgan fingerprint density at radius 3 is 2.73 bits per heavy atom. The molecule has 1 saturated heterocycles. The van der Waals surface area contributed by atoms with Gasteiger partial charge in [0, 0.05) is 32.5 Å². The molecule has 1 unspecified atom stereocenters. The summed E-state index contributed by atoms with van der Waals surface area (Å²) in [6, 6.07) is 9.75. The van der Waals surface area contributed by atoms with Crippen LogP contribution in [0.25, 0.3) is 0 Å². The lowest BCUT2D eigenvalue weighted by Crippen LogP contribution is -2.45. The van der Waals surface area contributed by atoms with Gasteiger partial charge in [-0.1, -0.05) is 17.7 Å². The summed E-state index contributed by atoms with van der Waals surface area (Å²) in [7, 11) is 1.85. The van der Waals surface area contributed by atoms with Crippen molar-refractivity contribution in [3.8, 4) is 5.75 Å². The van der Waals surface area contributed by atoms with E-state index in [1.807, 2.05) is 38.2 Å². The summed E-state index contributed by atoms with van der Waals surface area (Å²) < 4.78 is 5.74. The number of hydrogen-bond donors (Lipinski definition) is 0. The molecular weight excluding hydrogens is 328 g/mol. The molecule has 2 heterocycles. The van der Waals surface area contributed by atoms with E-state index in [2.05, 4.69) is 14.9 Å². The number of likely N-dealkylation sites (N-methyl/N-ethyl adjacent to an activating group) is 1. The van der Waals surface area contributed by atoms with Crippen LogP contribution < -0.4 is 9.64 Å². The number of carbonyl (C=O) groups is 1.